The van der Waals surface area contributed by atoms with Gasteiger partial charge in [0.25, 0.3) is 0 Å². The molecule has 1 saturated heterocycles. The number of amides is 1. The molecule has 0 aromatic carbocycles. The van der Waals surface area contributed by atoms with E-state index in [1.165, 1.54) is 12.8 Å². The molecule has 0 radical (unpaired) electrons. The lowest BCUT2D eigenvalue weighted by Crippen LogP contribution is -2.32. The molecule has 1 fully saturated rings. The van der Waals surface area contributed by atoms with Crippen LogP contribution in [0.3, 0.4) is 0 Å². The number of hydrogen-bond acceptors (Lipinski definition) is 1. The van der Waals surface area contributed by atoms with E-state index in [1.807, 2.05) is 25.7 Å². The van der Waals surface area contributed by atoms with E-state index in [1.54, 1.807) is 0 Å². The number of carbonyl (C=O) groups excluding carboxylic acids is 1. The summed E-state index contributed by atoms with van der Waals surface area (Å²) in [5.74, 6) is 0.310. The fourth-order valence-corrected chi connectivity index (χ4v) is 1.51. The van der Waals surface area contributed by atoms with Crippen LogP contribution in [-0.4, -0.2) is 23.4 Å². The van der Waals surface area contributed by atoms with Gasteiger partial charge in [0, 0.05) is 19.0 Å². The van der Waals surface area contributed by atoms with E-state index in [9.17, 15) is 4.79 Å². The van der Waals surface area contributed by atoms with Gasteiger partial charge in [-0.3, -0.25) is 4.79 Å². The maximum absolute atomic E-state index is 11.2. The summed E-state index contributed by atoms with van der Waals surface area (Å²) in [6, 6.07) is 0.493. The number of likely N-dealkylation sites (tertiary alicyclic amines) is 1. The molecule has 2 nitrogen and oxygen atoms in total. The van der Waals surface area contributed by atoms with Crippen molar-refractivity contribution < 1.29 is 4.79 Å². The molecule has 12 heavy (non-hydrogen) atoms. The predicted molar refractivity (Wildman–Crippen MR) is 52.0 cm³/mol. The van der Waals surface area contributed by atoms with Gasteiger partial charge in [0.15, 0.2) is 0 Å². The summed E-state index contributed by atoms with van der Waals surface area (Å²) in [7, 11) is 0. The minimum Gasteiger partial charge on any atom is -0.340 e. The lowest BCUT2D eigenvalue weighted by molar-refractivity contribution is -0.131. The second-order valence-corrected chi connectivity index (χ2v) is 2.93. The lowest BCUT2D eigenvalue weighted by Gasteiger charge is -2.20. The van der Waals surface area contributed by atoms with Gasteiger partial charge in [-0.05, 0) is 19.8 Å². The lowest BCUT2D eigenvalue weighted by atomic mass is 10.2. The summed E-state index contributed by atoms with van der Waals surface area (Å²) < 4.78 is 0. The molecule has 0 aromatic rings. The Balaban J connectivity index is 0.000000561. The van der Waals surface area contributed by atoms with Crippen LogP contribution >= 0.6 is 0 Å². The van der Waals surface area contributed by atoms with Crippen molar-refractivity contribution >= 4 is 5.91 Å². The largest absolute Gasteiger partial charge is 0.340 e. The van der Waals surface area contributed by atoms with Crippen molar-refractivity contribution in [2.45, 2.75) is 53.0 Å². The van der Waals surface area contributed by atoms with Crippen LogP contribution in [-0.2, 0) is 4.79 Å². The van der Waals surface area contributed by atoms with Crippen molar-refractivity contribution in [3.05, 3.63) is 0 Å². The molecule has 1 aliphatic rings. The summed E-state index contributed by atoms with van der Waals surface area (Å²) >= 11 is 0. The van der Waals surface area contributed by atoms with Crippen molar-refractivity contribution in [3.63, 3.8) is 0 Å². The molecule has 0 spiro atoms. The van der Waals surface area contributed by atoms with Crippen molar-refractivity contribution in [1.29, 1.82) is 0 Å². The van der Waals surface area contributed by atoms with Gasteiger partial charge in [-0.15, -0.1) is 0 Å². The number of carbonyl (C=O) groups is 1. The Morgan fingerprint density at radius 2 is 2.08 bits per heavy atom. The Morgan fingerprint density at radius 1 is 1.50 bits per heavy atom. The second-order valence-electron chi connectivity index (χ2n) is 2.93. The highest BCUT2D eigenvalue weighted by Crippen LogP contribution is 2.16. The Bertz CT molecular complexity index is 134. The molecule has 0 N–H and O–H groups in total. The molecule has 72 valence electrons. The van der Waals surface area contributed by atoms with Gasteiger partial charge in [0.05, 0.1) is 0 Å². The van der Waals surface area contributed by atoms with Gasteiger partial charge in [-0.1, -0.05) is 20.8 Å². The van der Waals surface area contributed by atoms with Crippen LogP contribution in [0.2, 0.25) is 0 Å². The van der Waals surface area contributed by atoms with E-state index in [0.29, 0.717) is 18.4 Å². The molecule has 1 heterocycles. The topological polar surface area (TPSA) is 20.3 Å². The summed E-state index contributed by atoms with van der Waals surface area (Å²) in [4.78, 5) is 13.1. The average molecular weight is 171 g/mol. The smallest absolute Gasteiger partial charge is 0.222 e. The second kappa shape index (κ2) is 6.04. The molecule has 1 rings (SSSR count). The van der Waals surface area contributed by atoms with E-state index in [4.69, 9.17) is 0 Å². The van der Waals surface area contributed by atoms with Crippen LogP contribution < -0.4 is 0 Å². The standard InChI is InChI=1S/C8H15NO.C2H6/c1-3-8(10)9-6-4-5-7(9)2;1-2/h7H,3-6H2,1-2H3;1-2H3. The maximum atomic E-state index is 11.2. The quantitative estimate of drug-likeness (QED) is 0.593. The molecule has 1 amide bonds. The molecule has 0 bridgehead atoms. The van der Waals surface area contributed by atoms with E-state index < -0.39 is 0 Å². The summed E-state index contributed by atoms with van der Waals surface area (Å²) in [6.45, 7) is 9.03. The first-order valence-corrected chi connectivity index (χ1v) is 5.05. The van der Waals surface area contributed by atoms with Crippen molar-refractivity contribution in [2.24, 2.45) is 0 Å². The van der Waals surface area contributed by atoms with Crippen LogP contribution in [0.15, 0.2) is 0 Å². The molecular formula is C10H21NO. The molecule has 1 aliphatic heterocycles. The number of hydrogen-bond donors (Lipinski definition) is 0. The third-order valence-electron chi connectivity index (χ3n) is 2.18. The predicted octanol–water partition coefficient (Wildman–Crippen LogP) is 2.43. The Hall–Kier alpha value is -0.530. The van der Waals surface area contributed by atoms with E-state index in [-0.39, 0.29) is 0 Å². The minimum atomic E-state index is 0.310. The minimum absolute atomic E-state index is 0.310. The van der Waals surface area contributed by atoms with Crippen LogP contribution in [0.25, 0.3) is 0 Å². The molecule has 1 atom stereocenters. The normalized spacial score (nSPS) is 21.7. The van der Waals surface area contributed by atoms with Crippen LogP contribution in [0.1, 0.15) is 47.0 Å². The summed E-state index contributed by atoms with van der Waals surface area (Å²) in [6.07, 6.45) is 3.03. The Kier molecular flexibility index (Phi) is 5.77. The molecule has 0 aromatic heterocycles. The van der Waals surface area contributed by atoms with Crippen LogP contribution in [0.5, 0.6) is 0 Å². The molecule has 0 aliphatic carbocycles. The first kappa shape index (κ1) is 11.5. The van der Waals surface area contributed by atoms with E-state index in [2.05, 4.69) is 6.92 Å². The zero-order valence-corrected chi connectivity index (χ0v) is 8.76. The van der Waals surface area contributed by atoms with Crippen molar-refractivity contribution in [1.82, 2.24) is 4.90 Å². The fraction of sp³-hybridized carbons (Fsp3) is 0.900. The van der Waals surface area contributed by atoms with E-state index >= 15 is 0 Å². The highest BCUT2D eigenvalue weighted by molar-refractivity contribution is 5.76. The van der Waals surface area contributed by atoms with Crippen molar-refractivity contribution in [3.8, 4) is 0 Å². The summed E-state index contributed by atoms with van der Waals surface area (Å²) in [5.41, 5.74) is 0. The zero-order valence-electron chi connectivity index (χ0n) is 8.76. The van der Waals surface area contributed by atoms with Crippen molar-refractivity contribution in [2.75, 3.05) is 6.54 Å². The number of rotatable bonds is 1. The Morgan fingerprint density at radius 3 is 2.42 bits per heavy atom. The Labute approximate surface area is 75.9 Å². The van der Waals surface area contributed by atoms with Gasteiger partial charge >= 0.3 is 0 Å². The SMILES string of the molecule is CC.CCC(=O)N1CCCC1C. The maximum Gasteiger partial charge on any atom is 0.222 e. The highest BCUT2D eigenvalue weighted by Gasteiger charge is 2.23. The molecule has 1 unspecified atom stereocenters. The third-order valence-corrected chi connectivity index (χ3v) is 2.18. The fourth-order valence-electron chi connectivity index (χ4n) is 1.51. The molecule has 0 saturated carbocycles. The number of nitrogens with zero attached hydrogens (tertiary/aromatic N) is 1. The first-order chi connectivity index (χ1) is 5.75. The van der Waals surface area contributed by atoms with Crippen LogP contribution in [0.4, 0.5) is 0 Å². The van der Waals surface area contributed by atoms with Gasteiger partial charge in [0.2, 0.25) is 5.91 Å². The highest BCUT2D eigenvalue weighted by atomic mass is 16.2. The third kappa shape index (κ3) is 2.84. The summed E-state index contributed by atoms with van der Waals surface area (Å²) in [5, 5.41) is 0. The van der Waals surface area contributed by atoms with Gasteiger partial charge in [-0.2, -0.15) is 0 Å². The van der Waals surface area contributed by atoms with E-state index in [0.717, 1.165) is 6.54 Å². The van der Waals surface area contributed by atoms with Crippen LogP contribution in [0, 0.1) is 0 Å². The molecule has 2 heteroatoms. The first-order valence-electron chi connectivity index (χ1n) is 5.05. The van der Waals surface area contributed by atoms with Gasteiger partial charge in [0.1, 0.15) is 0 Å². The average Bonchev–Trinajstić information content (AvgIpc) is 2.54. The van der Waals surface area contributed by atoms with Gasteiger partial charge < -0.3 is 4.90 Å². The zero-order chi connectivity index (χ0) is 9.56. The van der Waals surface area contributed by atoms with Gasteiger partial charge in [-0.25, -0.2) is 0 Å². The molecular weight excluding hydrogens is 150 g/mol. The monoisotopic (exact) mass is 171 g/mol.